The van der Waals surface area contributed by atoms with E-state index in [9.17, 15) is 9.90 Å². The highest BCUT2D eigenvalue weighted by molar-refractivity contribution is 5.82. The molecule has 5 nitrogen and oxygen atoms in total. The van der Waals surface area contributed by atoms with E-state index >= 15 is 0 Å². The van der Waals surface area contributed by atoms with Crippen molar-refractivity contribution < 1.29 is 9.90 Å². The van der Waals surface area contributed by atoms with Crippen molar-refractivity contribution in [3.05, 3.63) is 0 Å². The van der Waals surface area contributed by atoms with Gasteiger partial charge in [0.25, 0.3) is 0 Å². The Morgan fingerprint density at radius 1 is 1.39 bits per heavy atom. The highest BCUT2D eigenvalue weighted by Gasteiger charge is 2.30. The van der Waals surface area contributed by atoms with E-state index < -0.39 is 0 Å². The first-order chi connectivity index (χ1) is 8.76. The molecule has 1 amide bonds. The maximum atomic E-state index is 12.2. The fraction of sp³-hybridized carbons (Fsp3) is 0.923. The number of hydrogen-bond donors (Lipinski definition) is 2. The summed E-state index contributed by atoms with van der Waals surface area (Å²) < 4.78 is 0. The Morgan fingerprint density at radius 2 is 2.11 bits per heavy atom. The van der Waals surface area contributed by atoms with Crippen molar-refractivity contribution in [1.29, 1.82) is 0 Å². The van der Waals surface area contributed by atoms with Gasteiger partial charge in [0.05, 0.1) is 12.6 Å². The maximum Gasteiger partial charge on any atom is 0.239 e. The van der Waals surface area contributed by atoms with Gasteiger partial charge < -0.3 is 15.3 Å². The molecule has 18 heavy (non-hydrogen) atoms. The van der Waals surface area contributed by atoms with Gasteiger partial charge in [0.15, 0.2) is 0 Å². The second kappa shape index (κ2) is 6.50. The monoisotopic (exact) mass is 255 g/mol. The largest absolute Gasteiger partial charge is 0.395 e. The Hall–Kier alpha value is -0.650. The van der Waals surface area contributed by atoms with Crippen LogP contribution in [0.2, 0.25) is 0 Å². The van der Waals surface area contributed by atoms with Gasteiger partial charge in [-0.15, -0.1) is 0 Å². The summed E-state index contributed by atoms with van der Waals surface area (Å²) in [6, 6.07) is 0.309. The minimum atomic E-state index is 0.0522. The highest BCUT2D eigenvalue weighted by Crippen LogP contribution is 2.13. The summed E-state index contributed by atoms with van der Waals surface area (Å²) in [5.74, 6) is 0.268. The van der Waals surface area contributed by atoms with Crippen molar-refractivity contribution in [2.45, 2.75) is 38.3 Å². The van der Waals surface area contributed by atoms with Gasteiger partial charge in [0.1, 0.15) is 0 Å². The molecule has 0 aliphatic carbocycles. The van der Waals surface area contributed by atoms with Crippen LogP contribution in [0.4, 0.5) is 0 Å². The lowest BCUT2D eigenvalue weighted by atomic mass is 10.1. The van der Waals surface area contributed by atoms with Crippen LogP contribution in [0.1, 0.15) is 26.2 Å². The molecule has 2 aliphatic rings. The van der Waals surface area contributed by atoms with Crippen LogP contribution >= 0.6 is 0 Å². The summed E-state index contributed by atoms with van der Waals surface area (Å²) in [5, 5.41) is 12.6. The first kappa shape index (κ1) is 13.8. The molecule has 0 aromatic heterocycles. The van der Waals surface area contributed by atoms with Crippen molar-refractivity contribution in [1.82, 2.24) is 15.1 Å². The van der Waals surface area contributed by atoms with Crippen molar-refractivity contribution in [3.63, 3.8) is 0 Å². The van der Waals surface area contributed by atoms with E-state index in [0.29, 0.717) is 0 Å². The van der Waals surface area contributed by atoms with Crippen molar-refractivity contribution in [2.24, 2.45) is 0 Å². The minimum Gasteiger partial charge on any atom is -0.395 e. The number of hydrogen-bond acceptors (Lipinski definition) is 4. The van der Waals surface area contributed by atoms with Crippen LogP contribution < -0.4 is 5.32 Å². The number of amides is 1. The molecule has 0 aromatic carbocycles. The fourth-order valence-corrected chi connectivity index (χ4v) is 2.93. The average molecular weight is 255 g/mol. The van der Waals surface area contributed by atoms with Crippen molar-refractivity contribution in [2.75, 3.05) is 39.3 Å². The molecule has 2 unspecified atom stereocenters. The van der Waals surface area contributed by atoms with Crippen LogP contribution in [-0.2, 0) is 4.79 Å². The van der Waals surface area contributed by atoms with Gasteiger partial charge in [-0.3, -0.25) is 9.69 Å². The molecule has 104 valence electrons. The first-order valence-corrected chi connectivity index (χ1v) is 7.13. The van der Waals surface area contributed by atoms with Gasteiger partial charge in [-0.25, -0.2) is 0 Å². The fourth-order valence-electron chi connectivity index (χ4n) is 2.93. The average Bonchev–Trinajstić information content (AvgIpc) is 2.94. The minimum absolute atomic E-state index is 0.0522. The molecule has 5 heteroatoms. The van der Waals surface area contributed by atoms with E-state index in [2.05, 4.69) is 17.1 Å². The summed E-state index contributed by atoms with van der Waals surface area (Å²) in [7, 11) is 0. The molecule has 0 bridgehead atoms. The number of piperazine rings is 1. The number of aliphatic hydroxyl groups is 1. The summed E-state index contributed by atoms with van der Waals surface area (Å²) in [6.45, 7) is 6.66. The Labute approximate surface area is 109 Å². The zero-order valence-corrected chi connectivity index (χ0v) is 11.3. The van der Waals surface area contributed by atoms with Gasteiger partial charge in [0, 0.05) is 32.2 Å². The van der Waals surface area contributed by atoms with Crippen molar-refractivity contribution >= 4 is 5.91 Å². The Kier molecular flexibility index (Phi) is 4.97. The van der Waals surface area contributed by atoms with Crippen LogP contribution in [0.25, 0.3) is 0 Å². The van der Waals surface area contributed by atoms with Gasteiger partial charge in [0.2, 0.25) is 5.91 Å². The Balaban J connectivity index is 1.80. The number of aliphatic hydroxyl groups excluding tert-OH is 1. The van der Waals surface area contributed by atoms with Gasteiger partial charge >= 0.3 is 0 Å². The molecular formula is C13H25N3O2. The molecule has 2 N–H and O–H groups in total. The molecule has 0 spiro atoms. The number of carbonyl (C=O) groups excluding carboxylic acids is 1. The molecule has 0 aromatic rings. The van der Waals surface area contributed by atoms with Gasteiger partial charge in [-0.2, -0.15) is 0 Å². The summed E-state index contributed by atoms with van der Waals surface area (Å²) in [6.07, 6.45) is 3.06. The molecule has 0 saturated carbocycles. The lowest BCUT2D eigenvalue weighted by molar-refractivity contribution is -0.135. The van der Waals surface area contributed by atoms with Crippen molar-refractivity contribution in [3.8, 4) is 0 Å². The number of nitrogens with one attached hydrogen (secondary N) is 1. The third-order valence-electron chi connectivity index (χ3n) is 4.18. The van der Waals surface area contributed by atoms with Crippen LogP contribution in [0, 0.1) is 0 Å². The predicted octanol–water partition coefficient (Wildman–Crippen LogP) is -0.346. The van der Waals surface area contributed by atoms with E-state index in [4.69, 9.17) is 0 Å². The summed E-state index contributed by atoms with van der Waals surface area (Å²) in [5.41, 5.74) is 0. The quantitative estimate of drug-likeness (QED) is 0.721. The number of rotatable bonds is 4. The molecule has 2 heterocycles. The number of nitrogens with zero attached hydrogens (tertiary/aromatic N) is 2. The summed E-state index contributed by atoms with van der Waals surface area (Å²) in [4.78, 5) is 16.5. The molecule has 2 aliphatic heterocycles. The smallest absolute Gasteiger partial charge is 0.239 e. The zero-order chi connectivity index (χ0) is 13.0. The molecule has 2 fully saturated rings. The molecule has 2 rings (SSSR count). The lowest BCUT2D eigenvalue weighted by Crippen LogP contribution is -2.55. The standard InChI is InChI=1S/C13H25N3O2/c1-2-11(10-17)15-6-8-16(9-7-15)13(18)12-4-3-5-14-12/h11-12,14,17H,2-10H2,1H3. The molecular weight excluding hydrogens is 230 g/mol. The van der Waals surface area contributed by atoms with E-state index in [0.717, 1.165) is 52.0 Å². The third-order valence-corrected chi connectivity index (χ3v) is 4.18. The maximum absolute atomic E-state index is 12.2. The topological polar surface area (TPSA) is 55.8 Å². The van der Waals surface area contributed by atoms with E-state index in [1.165, 1.54) is 0 Å². The lowest BCUT2D eigenvalue weighted by Gasteiger charge is -2.39. The van der Waals surface area contributed by atoms with E-state index in [1.54, 1.807) is 0 Å². The van der Waals surface area contributed by atoms with Gasteiger partial charge in [-0.1, -0.05) is 6.92 Å². The molecule has 2 atom stereocenters. The molecule has 0 radical (unpaired) electrons. The summed E-state index contributed by atoms with van der Waals surface area (Å²) >= 11 is 0. The van der Waals surface area contributed by atoms with Crippen LogP contribution in [0.3, 0.4) is 0 Å². The first-order valence-electron chi connectivity index (χ1n) is 7.13. The number of carbonyl (C=O) groups is 1. The van der Waals surface area contributed by atoms with Crippen LogP contribution in [-0.4, -0.2) is 72.2 Å². The third kappa shape index (κ3) is 3.02. The second-order valence-electron chi connectivity index (χ2n) is 5.25. The van der Waals surface area contributed by atoms with Crippen LogP contribution in [0.15, 0.2) is 0 Å². The Bertz CT molecular complexity index is 267. The van der Waals surface area contributed by atoms with E-state index in [1.807, 2.05) is 4.90 Å². The van der Waals surface area contributed by atoms with E-state index in [-0.39, 0.29) is 24.6 Å². The normalized spacial score (nSPS) is 27.4. The SMILES string of the molecule is CCC(CO)N1CCN(C(=O)C2CCCN2)CC1. The van der Waals surface area contributed by atoms with Crippen LogP contribution in [0.5, 0.6) is 0 Å². The molecule has 2 saturated heterocycles. The highest BCUT2D eigenvalue weighted by atomic mass is 16.3. The van der Waals surface area contributed by atoms with Gasteiger partial charge in [-0.05, 0) is 25.8 Å². The predicted molar refractivity (Wildman–Crippen MR) is 70.3 cm³/mol. The Morgan fingerprint density at radius 3 is 2.61 bits per heavy atom. The second-order valence-corrected chi connectivity index (χ2v) is 5.25. The zero-order valence-electron chi connectivity index (χ0n) is 11.3.